The van der Waals surface area contributed by atoms with Crippen molar-refractivity contribution in [2.45, 2.75) is 12.5 Å². The molecule has 0 spiro atoms. The third-order valence-electron chi connectivity index (χ3n) is 2.86. The average Bonchev–Trinajstić information content (AvgIpc) is 2.86. The van der Waals surface area contributed by atoms with Gasteiger partial charge in [0.1, 0.15) is 15.8 Å². The molecule has 3 heterocycles. The van der Waals surface area contributed by atoms with Gasteiger partial charge in [-0.2, -0.15) is 5.10 Å². The Kier molecular flexibility index (Phi) is 2.43. The molecular weight excluding hydrogens is 319 g/mol. The largest absolute Gasteiger partial charge is 0.383 e. The molecule has 0 saturated carbocycles. The topological polar surface area (TPSA) is 81.7 Å². The predicted octanol–water partition coefficient (Wildman–Crippen LogP) is 0.547. The number of halogens is 1. The highest BCUT2D eigenvalue weighted by Gasteiger charge is 2.22. The molecule has 2 aromatic rings. The molecule has 1 aliphatic rings. The van der Waals surface area contributed by atoms with E-state index in [9.17, 15) is 0 Å². The Morgan fingerprint density at radius 3 is 3.12 bits per heavy atom. The Hall–Kier alpha value is -0.960. The van der Waals surface area contributed by atoms with E-state index in [-0.39, 0.29) is 0 Å². The van der Waals surface area contributed by atoms with Gasteiger partial charge in [0.15, 0.2) is 5.65 Å². The van der Waals surface area contributed by atoms with Crippen molar-refractivity contribution in [1.29, 1.82) is 0 Å². The third kappa shape index (κ3) is 1.46. The van der Waals surface area contributed by atoms with Gasteiger partial charge in [-0.1, -0.05) is 0 Å². The van der Waals surface area contributed by atoms with Crippen molar-refractivity contribution in [2.24, 2.45) is 0 Å². The summed E-state index contributed by atoms with van der Waals surface area (Å²) in [5.41, 5.74) is 6.68. The lowest BCUT2D eigenvalue weighted by atomic mass is 10.2. The maximum atomic E-state index is 5.84. The van der Waals surface area contributed by atoms with Crippen LogP contribution >= 0.6 is 22.6 Å². The van der Waals surface area contributed by atoms with Crippen LogP contribution in [0.5, 0.6) is 0 Å². The van der Waals surface area contributed by atoms with Crippen molar-refractivity contribution in [1.82, 2.24) is 25.1 Å². The SMILES string of the molecule is Nc1ncnc2c1c(I)nn2[C@H]1CCNC1. The Morgan fingerprint density at radius 1 is 1.50 bits per heavy atom. The highest BCUT2D eigenvalue weighted by atomic mass is 127. The molecule has 1 saturated heterocycles. The van der Waals surface area contributed by atoms with Crippen LogP contribution in [-0.4, -0.2) is 32.8 Å². The number of nitrogen functional groups attached to an aromatic ring is 1. The minimum absolute atomic E-state index is 0.375. The maximum absolute atomic E-state index is 5.84. The van der Waals surface area contributed by atoms with Crippen molar-refractivity contribution in [3.05, 3.63) is 10.0 Å². The van der Waals surface area contributed by atoms with Crippen molar-refractivity contribution in [3.63, 3.8) is 0 Å². The number of nitrogens with zero attached hydrogens (tertiary/aromatic N) is 4. The van der Waals surface area contributed by atoms with Crippen LogP contribution in [0.3, 0.4) is 0 Å². The first-order valence-electron chi connectivity index (χ1n) is 5.12. The average molecular weight is 330 g/mol. The first-order valence-corrected chi connectivity index (χ1v) is 6.20. The van der Waals surface area contributed by atoms with Gasteiger partial charge in [0.05, 0.1) is 11.4 Å². The number of hydrogen-bond donors (Lipinski definition) is 2. The van der Waals surface area contributed by atoms with Crippen LogP contribution in [0, 0.1) is 3.70 Å². The normalized spacial score (nSPS) is 20.7. The van der Waals surface area contributed by atoms with E-state index in [0.717, 1.165) is 34.2 Å². The van der Waals surface area contributed by atoms with Gasteiger partial charge in [0.2, 0.25) is 0 Å². The zero-order valence-electron chi connectivity index (χ0n) is 8.52. The number of nitrogens with two attached hydrogens (primary N) is 1. The molecule has 7 heteroatoms. The lowest BCUT2D eigenvalue weighted by Crippen LogP contribution is -2.15. The molecule has 0 amide bonds. The standard InChI is InChI=1S/C9H11IN6/c10-7-6-8(11)13-4-14-9(6)16(15-7)5-1-2-12-3-5/h4-5,12H,1-3H2,(H2,11,13,14)/t5-/m0/s1. The summed E-state index contributed by atoms with van der Waals surface area (Å²) in [5, 5.41) is 8.71. The van der Waals surface area contributed by atoms with E-state index in [0.29, 0.717) is 11.9 Å². The second kappa shape index (κ2) is 3.81. The first kappa shape index (κ1) is 10.2. The lowest BCUT2D eigenvalue weighted by molar-refractivity contribution is 0.500. The summed E-state index contributed by atoms with van der Waals surface area (Å²) in [4.78, 5) is 8.29. The van der Waals surface area contributed by atoms with Gasteiger partial charge in [0.25, 0.3) is 0 Å². The number of fused-ring (bicyclic) bond motifs is 1. The van der Waals surface area contributed by atoms with Crippen LogP contribution in [0.15, 0.2) is 6.33 Å². The molecule has 6 nitrogen and oxygen atoms in total. The van der Waals surface area contributed by atoms with Crippen LogP contribution in [0.4, 0.5) is 5.82 Å². The molecular formula is C9H11IN6. The highest BCUT2D eigenvalue weighted by Crippen LogP contribution is 2.26. The summed E-state index contributed by atoms with van der Waals surface area (Å²) >= 11 is 2.18. The number of aromatic nitrogens is 4. The van der Waals surface area contributed by atoms with Crippen LogP contribution in [0.25, 0.3) is 11.0 Å². The Balaban J connectivity index is 2.22. The summed E-state index contributed by atoms with van der Waals surface area (Å²) in [6.45, 7) is 1.97. The fraction of sp³-hybridized carbons (Fsp3) is 0.444. The van der Waals surface area contributed by atoms with E-state index < -0.39 is 0 Å². The summed E-state index contributed by atoms with van der Waals surface area (Å²) in [6.07, 6.45) is 2.57. The van der Waals surface area contributed by atoms with Gasteiger partial charge in [-0.05, 0) is 35.6 Å². The molecule has 16 heavy (non-hydrogen) atoms. The second-order valence-corrected chi connectivity index (χ2v) is 4.86. The molecule has 2 aromatic heterocycles. The van der Waals surface area contributed by atoms with Gasteiger partial charge in [-0.15, -0.1) is 0 Å². The molecule has 1 fully saturated rings. The number of rotatable bonds is 1. The molecule has 3 N–H and O–H groups in total. The fourth-order valence-electron chi connectivity index (χ4n) is 2.06. The zero-order chi connectivity index (χ0) is 11.1. The van der Waals surface area contributed by atoms with Crippen LogP contribution in [-0.2, 0) is 0 Å². The molecule has 0 aromatic carbocycles. The van der Waals surface area contributed by atoms with Crippen molar-refractivity contribution in [3.8, 4) is 0 Å². The Labute approximate surface area is 106 Å². The van der Waals surface area contributed by atoms with E-state index in [1.54, 1.807) is 0 Å². The van der Waals surface area contributed by atoms with Crippen LogP contribution < -0.4 is 11.1 Å². The van der Waals surface area contributed by atoms with Gasteiger partial charge in [-0.25, -0.2) is 14.6 Å². The van der Waals surface area contributed by atoms with Crippen molar-refractivity contribution in [2.75, 3.05) is 18.8 Å². The lowest BCUT2D eigenvalue weighted by Gasteiger charge is -2.09. The van der Waals surface area contributed by atoms with Gasteiger partial charge in [0, 0.05) is 6.54 Å². The van der Waals surface area contributed by atoms with E-state index >= 15 is 0 Å². The van der Waals surface area contributed by atoms with Crippen LogP contribution in [0.1, 0.15) is 12.5 Å². The van der Waals surface area contributed by atoms with E-state index in [2.05, 4.69) is 43.0 Å². The summed E-state index contributed by atoms with van der Waals surface area (Å²) < 4.78 is 2.84. The zero-order valence-corrected chi connectivity index (χ0v) is 10.7. The van der Waals surface area contributed by atoms with Gasteiger partial charge >= 0.3 is 0 Å². The molecule has 84 valence electrons. The van der Waals surface area contributed by atoms with E-state index in [1.807, 2.05) is 4.68 Å². The molecule has 1 atom stereocenters. The summed E-state index contributed by atoms with van der Waals surface area (Å²) in [5.74, 6) is 0.506. The van der Waals surface area contributed by atoms with E-state index in [1.165, 1.54) is 6.33 Å². The molecule has 0 aliphatic carbocycles. The van der Waals surface area contributed by atoms with Crippen molar-refractivity contribution < 1.29 is 0 Å². The van der Waals surface area contributed by atoms with Gasteiger partial charge in [-0.3, -0.25) is 0 Å². The highest BCUT2D eigenvalue weighted by molar-refractivity contribution is 14.1. The summed E-state index contributed by atoms with van der Waals surface area (Å²) in [7, 11) is 0. The molecule has 0 unspecified atom stereocenters. The Morgan fingerprint density at radius 2 is 2.38 bits per heavy atom. The quantitative estimate of drug-likeness (QED) is 0.746. The molecule has 0 bridgehead atoms. The molecule has 3 rings (SSSR count). The maximum Gasteiger partial charge on any atom is 0.164 e. The molecule has 1 aliphatic heterocycles. The van der Waals surface area contributed by atoms with Crippen molar-refractivity contribution >= 4 is 39.4 Å². The van der Waals surface area contributed by atoms with E-state index in [4.69, 9.17) is 5.73 Å². The number of nitrogens with one attached hydrogen (secondary N) is 1. The monoisotopic (exact) mass is 330 g/mol. The minimum Gasteiger partial charge on any atom is -0.383 e. The summed E-state index contributed by atoms with van der Waals surface area (Å²) in [6, 6.07) is 0.375. The fourth-order valence-corrected chi connectivity index (χ4v) is 2.81. The van der Waals surface area contributed by atoms with Gasteiger partial charge < -0.3 is 11.1 Å². The number of anilines is 1. The number of hydrogen-bond acceptors (Lipinski definition) is 5. The Bertz CT molecular complexity index is 530. The predicted molar refractivity (Wildman–Crippen MR) is 69.0 cm³/mol. The minimum atomic E-state index is 0.375. The first-order chi connectivity index (χ1) is 7.77. The smallest absolute Gasteiger partial charge is 0.164 e. The third-order valence-corrected chi connectivity index (χ3v) is 3.61. The van der Waals surface area contributed by atoms with Crippen LogP contribution in [0.2, 0.25) is 0 Å². The second-order valence-electron chi connectivity index (χ2n) is 3.84. The molecule has 0 radical (unpaired) electrons.